The maximum Gasteiger partial charge on any atom is 0.122 e. The van der Waals surface area contributed by atoms with Crippen molar-refractivity contribution in [2.75, 3.05) is 6.61 Å². The van der Waals surface area contributed by atoms with E-state index < -0.39 is 0 Å². The third kappa shape index (κ3) is 2.54. The van der Waals surface area contributed by atoms with Crippen molar-refractivity contribution in [2.24, 2.45) is 0 Å². The fourth-order valence-electron chi connectivity index (χ4n) is 1.10. The molecule has 1 aromatic rings. The van der Waals surface area contributed by atoms with Crippen molar-refractivity contribution in [3.05, 3.63) is 29.3 Å². The molecule has 0 amide bonds. The second-order valence-corrected chi connectivity index (χ2v) is 2.89. The quantitative estimate of drug-likeness (QED) is 0.534. The van der Waals surface area contributed by atoms with Gasteiger partial charge in [-0.2, -0.15) is 5.26 Å². The highest BCUT2D eigenvalue weighted by Gasteiger charge is 1.99. The molecule has 2 nitrogen and oxygen atoms in total. The van der Waals surface area contributed by atoms with Gasteiger partial charge in [-0.05, 0) is 30.7 Å². The van der Waals surface area contributed by atoms with E-state index in [-0.39, 0.29) is 0 Å². The molecule has 0 aliphatic carbocycles. The van der Waals surface area contributed by atoms with Crippen LogP contribution in [0.3, 0.4) is 0 Å². The molecule has 1 rings (SSSR count). The Morgan fingerprint density at radius 2 is 2.29 bits per heavy atom. The summed E-state index contributed by atoms with van der Waals surface area (Å²) >= 11 is 0. The lowest BCUT2D eigenvalue weighted by Gasteiger charge is -2.07. The first kappa shape index (κ1) is 10.2. The Morgan fingerprint density at radius 1 is 1.50 bits per heavy atom. The summed E-state index contributed by atoms with van der Waals surface area (Å²) in [5, 5.41) is 8.65. The first-order chi connectivity index (χ1) is 6.77. The highest BCUT2D eigenvalue weighted by Crippen LogP contribution is 2.18. The van der Waals surface area contributed by atoms with Crippen LogP contribution in [0.2, 0.25) is 0 Å². The lowest BCUT2D eigenvalue weighted by Crippen LogP contribution is -1.97. The monoisotopic (exact) mass is 185 g/mol. The van der Waals surface area contributed by atoms with Crippen molar-refractivity contribution in [2.45, 2.75) is 13.3 Å². The highest BCUT2D eigenvalue weighted by molar-refractivity contribution is 5.41. The predicted octanol–water partition coefficient (Wildman–Crippen LogP) is 2.27. The van der Waals surface area contributed by atoms with Crippen LogP contribution in [-0.4, -0.2) is 6.61 Å². The predicted molar refractivity (Wildman–Crippen MR) is 54.8 cm³/mol. The molecule has 0 aliphatic rings. The second-order valence-electron chi connectivity index (χ2n) is 2.89. The third-order valence-electron chi connectivity index (χ3n) is 1.81. The maximum absolute atomic E-state index is 8.65. The number of rotatable bonds is 3. The van der Waals surface area contributed by atoms with E-state index in [1.807, 2.05) is 6.92 Å². The van der Waals surface area contributed by atoms with Gasteiger partial charge in [0, 0.05) is 6.42 Å². The standard InChI is InChI=1S/C12H11NO/c1-3-4-7-14-12-6-5-11(9-13)8-10(12)2/h1,5-6,8H,4,7H2,2H3. The molecule has 0 saturated carbocycles. The van der Waals surface area contributed by atoms with Gasteiger partial charge in [0.05, 0.1) is 18.2 Å². The van der Waals surface area contributed by atoms with E-state index in [0.717, 1.165) is 11.3 Å². The molecule has 70 valence electrons. The van der Waals surface area contributed by atoms with Gasteiger partial charge in [-0.15, -0.1) is 12.3 Å². The number of ether oxygens (including phenoxy) is 1. The van der Waals surface area contributed by atoms with Crippen LogP contribution in [0.4, 0.5) is 0 Å². The minimum atomic E-state index is 0.517. The molecule has 0 spiro atoms. The van der Waals surface area contributed by atoms with Crippen molar-refractivity contribution < 1.29 is 4.74 Å². The molecular formula is C12H11NO. The summed E-state index contributed by atoms with van der Waals surface area (Å²) in [6.45, 7) is 2.43. The van der Waals surface area contributed by atoms with Crippen LogP contribution in [0.15, 0.2) is 18.2 Å². The Bertz CT molecular complexity index is 396. The van der Waals surface area contributed by atoms with Crippen LogP contribution in [0.1, 0.15) is 17.5 Å². The molecule has 0 heterocycles. The summed E-state index contributed by atoms with van der Waals surface area (Å²) in [4.78, 5) is 0. The Morgan fingerprint density at radius 3 is 2.86 bits per heavy atom. The summed E-state index contributed by atoms with van der Waals surface area (Å²) in [7, 11) is 0. The zero-order chi connectivity index (χ0) is 10.4. The molecule has 0 atom stereocenters. The second kappa shape index (κ2) is 4.94. The largest absolute Gasteiger partial charge is 0.492 e. The summed E-state index contributed by atoms with van der Waals surface area (Å²) in [6.07, 6.45) is 5.70. The van der Waals surface area contributed by atoms with E-state index in [1.54, 1.807) is 18.2 Å². The van der Waals surface area contributed by atoms with Crippen LogP contribution in [0.5, 0.6) is 5.75 Å². The van der Waals surface area contributed by atoms with E-state index in [9.17, 15) is 0 Å². The number of hydrogen-bond donors (Lipinski definition) is 0. The van der Waals surface area contributed by atoms with Gasteiger partial charge in [-0.1, -0.05) is 0 Å². The van der Waals surface area contributed by atoms with Gasteiger partial charge in [0.15, 0.2) is 0 Å². The van der Waals surface area contributed by atoms with Crippen LogP contribution in [0.25, 0.3) is 0 Å². The number of hydrogen-bond acceptors (Lipinski definition) is 2. The van der Waals surface area contributed by atoms with Gasteiger partial charge in [-0.3, -0.25) is 0 Å². The molecule has 0 aromatic heterocycles. The Kier molecular flexibility index (Phi) is 3.58. The molecule has 1 aromatic carbocycles. The van der Waals surface area contributed by atoms with Gasteiger partial charge in [0.25, 0.3) is 0 Å². The normalized spacial score (nSPS) is 8.79. The van der Waals surface area contributed by atoms with Gasteiger partial charge < -0.3 is 4.74 Å². The third-order valence-corrected chi connectivity index (χ3v) is 1.81. The number of benzene rings is 1. The van der Waals surface area contributed by atoms with Gasteiger partial charge in [0.1, 0.15) is 5.75 Å². The summed E-state index contributed by atoms with van der Waals surface area (Å²) in [6, 6.07) is 7.40. The number of nitriles is 1. The van der Waals surface area contributed by atoms with Crippen molar-refractivity contribution >= 4 is 0 Å². The van der Waals surface area contributed by atoms with E-state index in [4.69, 9.17) is 16.4 Å². The fourth-order valence-corrected chi connectivity index (χ4v) is 1.10. The SMILES string of the molecule is C#CCCOc1ccc(C#N)cc1C. The van der Waals surface area contributed by atoms with Gasteiger partial charge in [0.2, 0.25) is 0 Å². The van der Waals surface area contributed by atoms with Crippen LogP contribution < -0.4 is 4.74 Å². The van der Waals surface area contributed by atoms with E-state index >= 15 is 0 Å². The highest BCUT2D eigenvalue weighted by atomic mass is 16.5. The van der Waals surface area contributed by atoms with E-state index in [0.29, 0.717) is 18.6 Å². The molecule has 14 heavy (non-hydrogen) atoms. The molecule has 0 fully saturated rings. The fraction of sp³-hybridized carbons (Fsp3) is 0.250. The first-order valence-corrected chi connectivity index (χ1v) is 4.35. The van der Waals surface area contributed by atoms with Crippen molar-refractivity contribution in [3.8, 4) is 24.2 Å². The average molecular weight is 185 g/mol. The summed E-state index contributed by atoms with van der Waals surface area (Å²) < 4.78 is 5.42. The van der Waals surface area contributed by atoms with E-state index in [1.165, 1.54) is 0 Å². The molecule has 0 aliphatic heterocycles. The summed E-state index contributed by atoms with van der Waals surface area (Å²) in [5.41, 5.74) is 1.60. The van der Waals surface area contributed by atoms with Crippen LogP contribution in [0, 0.1) is 30.6 Å². The Balaban J connectivity index is 2.71. The molecule has 0 radical (unpaired) electrons. The molecular weight excluding hydrogens is 174 g/mol. The molecule has 0 bridgehead atoms. The maximum atomic E-state index is 8.65. The van der Waals surface area contributed by atoms with Crippen LogP contribution >= 0.6 is 0 Å². The van der Waals surface area contributed by atoms with Crippen molar-refractivity contribution in [1.29, 1.82) is 5.26 Å². The zero-order valence-electron chi connectivity index (χ0n) is 8.08. The minimum absolute atomic E-state index is 0.517. The lowest BCUT2D eigenvalue weighted by atomic mass is 10.1. The Labute approximate surface area is 84.1 Å². The lowest BCUT2D eigenvalue weighted by molar-refractivity contribution is 0.325. The topological polar surface area (TPSA) is 33.0 Å². The minimum Gasteiger partial charge on any atom is -0.492 e. The van der Waals surface area contributed by atoms with Crippen molar-refractivity contribution in [3.63, 3.8) is 0 Å². The summed E-state index contributed by atoms with van der Waals surface area (Å²) in [5.74, 6) is 3.29. The van der Waals surface area contributed by atoms with Crippen molar-refractivity contribution in [1.82, 2.24) is 0 Å². The number of terminal acetylenes is 1. The molecule has 0 unspecified atom stereocenters. The smallest absolute Gasteiger partial charge is 0.122 e. The molecule has 0 saturated heterocycles. The Hall–Kier alpha value is -1.93. The zero-order valence-corrected chi connectivity index (χ0v) is 8.08. The molecule has 0 N–H and O–H groups in total. The number of nitrogens with zero attached hydrogens (tertiary/aromatic N) is 1. The first-order valence-electron chi connectivity index (χ1n) is 4.35. The molecule has 2 heteroatoms. The average Bonchev–Trinajstić information content (AvgIpc) is 2.20. The van der Waals surface area contributed by atoms with E-state index in [2.05, 4.69) is 12.0 Å². The number of aryl methyl sites for hydroxylation is 1. The van der Waals surface area contributed by atoms with Crippen LogP contribution in [-0.2, 0) is 0 Å². The van der Waals surface area contributed by atoms with Gasteiger partial charge >= 0.3 is 0 Å². The van der Waals surface area contributed by atoms with Gasteiger partial charge in [-0.25, -0.2) is 0 Å².